The molecule has 6 heteroatoms. The SMILES string of the molecule is O=C(NC1(CO)CCCC1)c1nc(Cl)ccc1Cl. The lowest BCUT2D eigenvalue weighted by molar-refractivity contribution is 0.0833. The Balaban J connectivity index is 2.18. The van der Waals surface area contributed by atoms with Crippen LogP contribution in [0.3, 0.4) is 0 Å². The Morgan fingerprint density at radius 3 is 2.67 bits per heavy atom. The molecule has 1 aliphatic carbocycles. The zero-order chi connectivity index (χ0) is 13.2. The molecule has 0 atom stereocenters. The van der Waals surface area contributed by atoms with Crippen molar-refractivity contribution in [2.24, 2.45) is 0 Å². The standard InChI is InChI=1S/C12H14Cl2N2O2/c13-8-3-4-9(14)15-10(8)11(18)16-12(7-17)5-1-2-6-12/h3-4,17H,1-2,5-7H2,(H,16,18). The Labute approximate surface area is 115 Å². The van der Waals surface area contributed by atoms with Crippen molar-refractivity contribution in [2.45, 2.75) is 31.2 Å². The Bertz CT molecular complexity index is 459. The molecular formula is C12H14Cl2N2O2. The first kappa shape index (κ1) is 13.6. The average Bonchev–Trinajstić information content (AvgIpc) is 2.81. The monoisotopic (exact) mass is 288 g/mol. The van der Waals surface area contributed by atoms with Gasteiger partial charge >= 0.3 is 0 Å². The summed E-state index contributed by atoms with van der Waals surface area (Å²) in [6.45, 7) is -0.0725. The molecule has 0 bridgehead atoms. The highest BCUT2D eigenvalue weighted by atomic mass is 35.5. The van der Waals surface area contributed by atoms with E-state index < -0.39 is 11.4 Å². The van der Waals surface area contributed by atoms with E-state index in [1.807, 2.05) is 0 Å². The molecule has 18 heavy (non-hydrogen) atoms. The smallest absolute Gasteiger partial charge is 0.272 e. The molecule has 1 aromatic heterocycles. The zero-order valence-corrected chi connectivity index (χ0v) is 11.3. The topological polar surface area (TPSA) is 62.2 Å². The molecule has 0 spiro atoms. The van der Waals surface area contributed by atoms with E-state index in [0.717, 1.165) is 25.7 Å². The van der Waals surface area contributed by atoms with Gasteiger partial charge in [-0.15, -0.1) is 0 Å². The third-order valence-electron chi connectivity index (χ3n) is 3.27. The Hall–Kier alpha value is -0.840. The van der Waals surface area contributed by atoms with Crippen LogP contribution in [0, 0.1) is 0 Å². The minimum absolute atomic E-state index is 0.0725. The number of nitrogens with one attached hydrogen (secondary N) is 1. The second-order valence-corrected chi connectivity index (χ2v) is 5.36. The fraction of sp³-hybridized carbons (Fsp3) is 0.500. The number of hydrogen-bond donors (Lipinski definition) is 2. The van der Waals surface area contributed by atoms with Crippen molar-refractivity contribution in [3.05, 3.63) is 28.0 Å². The minimum Gasteiger partial charge on any atom is -0.394 e. The van der Waals surface area contributed by atoms with Gasteiger partial charge in [0.05, 0.1) is 17.2 Å². The lowest BCUT2D eigenvalue weighted by atomic mass is 9.98. The molecule has 0 saturated heterocycles. The van der Waals surface area contributed by atoms with Crippen LogP contribution in [-0.4, -0.2) is 28.1 Å². The number of aromatic nitrogens is 1. The number of aliphatic hydroxyl groups is 1. The Morgan fingerprint density at radius 1 is 1.39 bits per heavy atom. The molecule has 1 saturated carbocycles. The van der Waals surface area contributed by atoms with E-state index in [1.54, 1.807) is 0 Å². The van der Waals surface area contributed by atoms with Crippen LogP contribution in [-0.2, 0) is 0 Å². The van der Waals surface area contributed by atoms with Crippen molar-refractivity contribution in [3.8, 4) is 0 Å². The number of aliphatic hydroxyl groups excluding tert-OH is 1. The summed E-state index contributed by atoms with van der Waals surface area (Å²) in [4.78, 5) is 16.0. The summed E-state index contributed by atoms with van der Waals surface area (Å²) in [5.41, 5.74) is -0.436. The predicted octanol–water partition coefficient (Wildman–Crippen LogP) is 2.42. The van der Waals surface area contributed by atoms with Crippen LogP contribution in [0.15, 0.2) is 12.1 Å². The number of nitrogens with zero attached hydrogens (tertiary/aromatic N) is 1. The van der Waals surface area contributed by atoms with E-state index in [2.05, 4.69) is 10.3 Å². The van der Waals surface area contributed by atoms with Crippen molar-refractivity contribution in [3.63, 3.8) is 0 Å². The van der Waals surface area contributed by atoms with E-state index in [0.29, 0.717) is 0 Å². The highest BCUT2D eigenvalue weighted by Gasteiger charge is 2.35. The van der Waals surface area contributed by atoms with Gasteiger partial charge in [0, 0.05) is 0 Å². The number of rotatable bonds is 3. The van der Waals surface area contributed by atoms with Crippen molar-refractivity contribution in [2.75, 3.05) is 6.61 Å². The predicted molar refractivity (Wildman–Crippen MR) is 70.0 cm³/mol. The van der Waals surface area contributed by atoms with Crippen LogP contribution in [0.25, 0.3) is 0 Å². The molecular weight excluding hydrogens is 275 g/mol. The molecule has 2 N–H and O–H groups in total. The van der Waals surface area contributed by atoms with Gasteiger partial charge < -0.3 is 10.4 Å². The zero-order valence-electron chi connectivity index (χ0n) is 9.75. The highest BCUT2D eigenvalue weighted by molar-refractivity contribution is 6.34. The third kappa shape index (κ3) is 2.76. The number of carbonyl (C=O) groups excluding carboxylic acids is 1. The third-order valence-corrected chi connectivity index (χ3v) is 3.78. The molecule has 4 nitrogen and oxygen atoms in total. The van der Waals surface area contributed by atoms with Crippen LogP contribution in [0.4, 0.5) is 0 Å². The van der Waals surface area contributed by atoms with Crippen LogP contribution in [0.2, 0.25) is 10.2 Å². The normalized spacial score (nSPS) is 17.7. The van der Waals surface area contributed by atoms with Crippen molar-refractivity contribution in [1.82, 2.24) is 10.3 Å². The molecule has 0 aromatic carbocycles. The van der Waals surface area contributed by atoms with Gasteiger partial charge in [0.25, 0.3) is 5.91 Å². The molecule has 0 radical (unpaired) electrons. The summed E-state index contributed by atoms with van der Waals surface area (Å²) < 4.78 is 0. The molecule has 0 aliphatic heterocycles. The first-order valence-corrected chi connectivity index (χ1v) is 6.57. The van der Waals surface area contributed by atoms with Crippen molar-refractivity contribution < 1.29 is 9.90 Å². The summed E-state index contributed by atoms with van der Waals surface area (Å²) in [6.07, 6.45) is 3.54. The van der Waals surface area contributed by atoms with Crippen LogP contribution in [0.5, 0.6) is 0 Å². The maximum absolute atomic E-state index is 12.1. The number of amides is 1. The van der Waals surface area contributed by atoms with E-state index in [-0.39, 0.29) is 22.5 Å². The molecule has 1 heterocycles. The summed E-state index contributed by atoms with van der Waals surface area (Å²) in [5, 5.41) is 12.7. The fourth-order valence-electron chi connectivity index (χ4n) is 2.25. The molecule has 98 valence electrons. The average molecular weight is 289 g/mol. The van der Waals surface area contributed by atoms with Crippen LogP contribution in [0.1, 0.15) is 36.2 Å². The highest BCUT2D eigenvalue weighted by Crippen LogP contribution is 2.29. The minimum atomic E-state index is -0.537. The molecule has 1 fully saturated rings. The second-order valence-electron chi connectivity index (χ2n) is 4.56. The van der Waals surface area contributed by atoms with Gasteiger partial charge in [0.2, 0.25) is 0 Å². The largest absolute Gasteiger partial charge is 0.394 e. The molecule has 1 aromatic rings. The van der Waals surface area contributed by atoms with Gasteiger partial charge in [-0.05, 0) is 25.0 Å². The lowest BCUT2D eigenvalue weighted by Gasteiger charge is -2.27. The lowest BCUT2D eigenvalue weighted by Crippen LogP contribution is -2.49. The Kier molecular flexibility index (Phi) is 4.10. The summed E-state index contributed by atoms with van der Waals surface area (Å²) in [5.74, 6) is -0.390. The molecule has 1 amide bonds. The number of hydrogen-bond acceptors (Lipinski definition) is 3. The van der Waals surface area contributed by atoms with Crippen LogP contribution < -0.4 is 5.32 Å². The van der Waals surface area contributed by atoms with Gasteiger partial charge in [-0.2, -0.15) is 0 Å². The van der Waals surface area contributed by atoms with Gasteiger partial charge in [-0.25, -0.2) is 4.98 Å². The van der Waals surface area contributed by atoms with Gasteiger partial charge in [0.15, 0.2) is 0 Å². The van der Waals surface area contributed by atoms with Crippen LogP contribution >= 0.6 is 23.2 Å². The van der Waals surface area contributed by atoms with E-state index >= 15 is 0 Å². The van der Waals surface area contributed by atoms with Gasteiger partial charge in [0.1, 0.15) is 10.8 Å². The van der Waals surface area contributed by atoms with Gasteiger partial charge in [-0.3, -0.25) is 4.79 Å². The van der Waals surface area contributed by atoms with Crippen molar-refractivity contribution in [1.29, 1.82) is 0 Å². The quantitative estimate of drug-likeness (QED) is 0.840. The fourth-order valence-corrected chi connectivity index (χ4v) is 2.59. The first-order chi connectivity index (χ1) is 8.56. The molecule has 1 aliphatic rings. The first-order valence-electron chi connectivity index (χ1n) is 5.82. The molecule has 0 unspecified atom stereocenters. The van der Waals surface area contributed by atoms with Crippen molar-refractivity contribution >= 4 is 29.1 Å². The summed E-state index contributed by atoms with van der Waals surface area (Å²) in [7, 11) is 0. The second kappa shape index (κ2) is 5.43. The van der Waals surface area contributed by atoms with E-state index in [9.17, 15) is 9.90 Å². The number of halogens is 2. The molecule has 2 rings (SSSR count). The maximum atomic E-state index is 12.1. The number of pyridine rings is 1. The summed E-state index contributed by atoms with van der Waals surface area (Å²) >= 11 is 11.7. The summed E-state index contributed by atoms with van der Waals surface area (Å²) in [6, 6.07) is 3.06. The maximum Gasteiger partial charge on any atom is 0.272 e. The number of carbonyl (C=O) groups is 1. The van der Waals surface area contributed by atoms with E-state index in [1.165, 1.54) is 12.1 Å². The Morgan fingerprint density at radius 2 is 2.06 bits per heavy atom. The van der Waals surface area contributed by atoms with E-state index in [4.69, 9.17) is 23.2 Å². The van der Waals surface area contributed by atoms with Gasteiger partial charge in [-0.1, -0.05) is 36.0 Å².